The molecule has 3 aliphatic rings. The number of amides is 1. The normalized spacial score (nSPS) is 41.1. The minimum absolute atomic E-state index is 0.292. The molecule has 1 aliphatic heterocycles. The van der Waals surface area contributed by atoms with Crippen LogP contribution in [0.2, 0.25) is 0 Å². The molecule has 0 aromatic carbocycles. The highest BCUT2D eigenvalue weighted by atomic mass is 16.1. The zero-order valence-electron chi connectivity index (χ0n) is 8.01. The molecule has 1 N–H and O–H groups in total. The average Bonchev–Trinajstić information content (AvgIpc) is 2.67. The van der Waals surface area contributed by atoms with Crippen molar-refractivity contribution in [3.05, 3.63) is 0 Å². The van der Waals surface area contributed by atoms with Crippen LogP contribution in [-0.2, 0) is 4.79 Å². The second-order valence-corrected chi connectivity index (χ2v) is 5.31. The van der Waals surface area contributed by atoms with E-state index >= 15 is 0 Å². The Morgan fingerprint density at radius 1 is 1.23 bits per heavy atom. The van der Waals surface area contributed by atoms with Gasteiger partial charge in [0.15, 0.2) is 0 Å². The number of carbonyl (C=O) groups is 1. The molecule has 2 heteroatoms. The van der Waals surface area contributed by atoms with Crippen LogP contribution in [0.4, 0.5) is 0 Å². The third kappa shape index (κ3) is 1.11. The van der Waals surface area contributed by atoms with Crippen LogP contribution in [0, 0.1) is 17.3 Å². The van der Waals surface area contributed by atoms with Gasteiger partial charge in [-0.25, -0.2) is 0 Å². The van der Waals surface area contributed by atoms with E-state index in [4.69, 9.17) is 0 Å². The van der Waals surface area contributed by atoms with Gasteiger partial charge in [-0.05, 0) is 30.1 Å². The quantitative estimate of drug-likeness (QED) is 0.602. The number of hydrogen-bond acceptors (Lipinski definition) is 1. The molecule has 0 unspecified atom stereocenters. The maximum Gasteiger partial charge on any atom is 0.220 e. The molecule has 1 amide bonds. The topological polar surface area (TPSA) is 29.1 Å². The van der Waals surface area contributed by atoms with Gasteiger partial charge in [0.25, 0.3) is 0 Å². The van der Waals surface area contributed by atoms with Crippen molar-refractivity contribution in [3.63, 3.8) is 0 Å². The van der Waals surface area contributed by atoms with Crippen LogP contribution < -0.4 is 5.32 Å². The summed E-state index contributed by atoms with van der Waals surface area (Å²) in [4.78, 5) is 11.2. The van der Waals surface area contributed by atoms with Crippen LogP contribution >= 0.6 is 0 Å². The predicted molar refractivity (Wildman–Crippen MR) is 50.1 cm³/mol. The van der Waals surface area contributed by atoms with Gasteiger partial charge in [-0.15, -0.1) is 0 Å². The number of carbonyl (C=O) groups excluding carboxylic acids is 1. The van der Waals surface area contributed by atoms with Crippen molar-refractivity contribution in [2.45, 2.75) is 38.5 Å². The van der Waals surface area contributed by atoms with Crippen molar-refractivity contribution in [1.29, 1.82) is 0 Å². The van der Waals surface area contributed by atoms with E-state index in [2.05, 4.69) is 5.32 Å². The molecule has 0 aromatic rings. The maximum atomic E-state index is 11.2. The van der Waals surface area contributed by atoms with E-state index in [0.717, 1.165) is 24.8 Å². The van der Waals surface area contributed by atoms with Crippen LogP contribution in [0.3, 0.4) is 0 Å². The van der Waals surface area contributed by atoms with E-state index in [1.165, 1.54) is 32.1 Å². The highest BCUT2D eigenvalue weighted by molar-refractivity contribution is 5.79. The van der Waals surface area contributed by atoms with E-state index in [1.807, 2.05) is 0 Å². The average molecular weight is 179 g/mol. The Morgan fingerprint density at radius 2 is 1.92 bits per heavy atom. The van der Waals surface area contributed by atoms with Gasteiger partial charge >= 0.3 is 0 Å². The summed E-state index contributed by atoms with van der Waals surface area (Å²) < 4.78 is 0. The smallest absolute Gasteiger partial charge is 0.220 e. The molecule has 2 nitrogen and oxygen atoms in total. The summed E-state index contributed by atoms with van der Waals surface area (Å²) in [7, 11) is 0. The molecule has 3 fully saturated rings. The lowest BCUT2D eigenvalue weighted by molar-refractivity contribution is -0.119. The first-order chi connectivity index (χ1) is 6.27. The summed E-state index contributed by atoms with van der Waals surface area (Å²) in [5, 5.41) is 3.00. The summed E-state index contributed by atoms with van der Waals surface area (Å²) in [6, 6.07) is 0. The summed E-state index contributed by atoms with van der Waals surface area (Å²) in [5.41, 5.74) is 0.396. The first kappa shape index (κ1) is 7.84. The monoisotopic (exact) mass is 179 g/mol. The Labute approximate surface area is 79.1 Å². The van der Waals surface area contributed by atoms with Crippen molar-refractivity contribution in [2.75, 3.05) is 6.54 Å². The second-order valence-electron chi connectivity index (χ2n) is 5.31. The Kier molecular flexibility index (Phi) is 1.50. The van der Waals surface area contributed by atoms with E-state index in [0.29, 0.717) is 11.3 Å². The molecule has 0 bridgehead atoms. The van der Waals surface area contributed by atoms with Crippen LogP contribution in [0.15, 0.2) is 0 Å². The SMILES string of the molecule is O=C1CC2(CN1)C[C@H]1CCC[C@@H]1C2. The fraction of sp³-hybridized carbons (Fsp3) is 0.909. The van der Waals surface area contributed by atoms with Crippen LogP contribution in [0.5, 0.6) is 0 Å². The third-order valence-electron chi connectivity index (χ3n) is 4.40. The third-order valence-corrected chi connectivity index (χ3v) is 4.40. The standard InChI is InChI=1S/C11H17NO/c13-10-6-11(7-12-10)4-8-2-1-3-9(8)5-11/h8-9H,1-7H2,(H,12,13)/t8-,9-/m1/s1. The zero-order valence-corrected chi connectivity index (χ0v) is 8.01. The molecule has 3 rings (SSSR count). The fourth-order valence-electron chi connectivity index (χ4n) is 3.89. The molecule has 2 atom stereocenters. The molecule has 0 aromatic heterocycles. The van der Waals surface area contributed by atoms with Gasteiger partial charge in [-0.2, -0.15) is 0 Å². The summed E-state index contributed by atoms with van der Waals surface area (Å²) in [6.07, 6.45) is 7.78. The molecule has 1 saturated heterocycles. The maximum absolute atomic E-state index is 11.2. The highest BCUT2D eigenvalue weighted by Gasteiger charge is 2.50. The molecule has 72 valence electrons. The van der Waals surface area contributed by atoms with Gasteiger partial charge in [0.1, 0.15) is 0 Å². The molecule has 1 spiro atoms. The van der Waals surface area contributed by atoms with Crippen molar-refractivity contribution in [3.8, 4) is 0 Å². The highest BCUT2D eigenvalue weighted by Crippen LogP contribution is 2.55. The molecule has 2 aliphatic carbocycles. The molecular formula is C11H17NO. The Morgan fingerprint density at radius 3 is 2.46 bits per heavy atom. The van der Waals surface area contributed by atoms with Gasteiger partial charge in [0, 0.05) is 13.0 Å². The van der Waals surface area contributed by atoms with E-state index < -0.39 is 0 Å². The van der Waals surface area contributed by atoms with Crippen molar-refractivity contribution < 1.29 is 4.79 Å². The molecule has 0 radical (unpaired) electrons. The van der Waals surface area contributed by atoms with Gasteiger partial charge in [0.2, 0.25) is 5.91 Å². The van der Waals surface area contributed by atoms with Crippen LogP contribution in [0.1, 0.15) is 38.5 Å². The first-order valence-corrected chi connectivity index (χ1v) is 5.54. The minimum Gasteiger partial charge on any atom is -0.356 e. The number of nitrogens with one attached hydrogen (secondary N) is 1. The van der Waals surface area contributed by atoms with Crippen LogP contribution in [-0.4, -0.2) is 12.5 Å². The minimum atomic E-state index is 0.292. The number of hydrogen-bond donors (Lipinski definition) is 1. The zero-order chi connectivity index (χ0) is 8.89. The molecule has 13 heavy (non-hydrogen) atoms. The van der Waals surface area contributed by atoms with Gasteiger partial charge in [-0.1, -0.05) is 19.3 Å². The summed E-state index contributed by atoms with van der Waals surface area (Å²) in [5.74, 6) is 2.22. The van der Waals surface area contributed by atoms with Crippen molar-refractivity contribution in [2.24, 2.45) is 17.3 Å². The van der Waals surface area contributed by atoms with E-state index in [9.17, 15) is 4.79 Å². The van der Waals surface area contributed by atoms with Crippen LogP contribution in [0.25, 0.3) is 0 Å². The lowest BCUT2D eigenvalue weighted by atomic mass is 9.83. The number of rotatable bonds is 0. The van der Waals surface area contributed by atoms with Gasteiger partial charge < -0.3 is 5.32 Å². The molecule has 1 heterocycles. The molecule has 2 saturated carbocycles. The Balaban J connectivity index is 1.78. The Bertz CT molecular complexity index is 236. The van der Waals surface area contributed by atoms with Gasteiger partial charge in [0.05, 0.1) is 0 Å². The Hall–Kier alpha value is -0.530. The summed E-state index contributed by atoms with van der Waals surface area (Å²) in [6.45, 7) is 0.971. The summed E-state index contributed by atoms with van der Waals surface area (Å²) >= 11 is 0. The van der Waals surface area contributed by atoms with Crippen molar-refractivity contribution in [1.82, 2.24) is 5.32 Å². The molecular weight excluding hydrogens is 162 g/mol. The van der Waals surface area contributed by atoms with E-state index in [-0.39, 0.29) is 0 Å². The lowest BCUT2D eigenvalue weighted by Crippen LogP contribution is -2.21. The largest absolute Gasteiger partial charge is 0.356 e. The van der Waals surface area contributed by atoms with E-state index in [1.54, 1.807) is 0 Å². The number of fused-ring (bicyclic) bond motifs is 1. The first-order valence-electron chi connectivity index (χ1n) is 5.54. The fourth-order valence-corrected chi connectivity index (χ4v) is 3.89. The predicted octanol–water partition coefficient (Wildman–Crippen LogP) is 1.70. The van der Waals surface area contributed by atoms with Crippen molar-refractivity contribution >= 4 is 5.91 Å². The second kappa shape index (κ2) is 2.49. The van der Waals surface area contributed by atoms with Gasteiger partial charge in [-0.3, -0.25) is 4.79 Å². The lowest BCUT2D eigenvalue weighted by Gasteiger charge is -2.21.